The Hall–Kier alpha value is -2.63. The molecule has 0 spiro atoms. The van der Waals surface area contributed by atoms with E-state index in [1.807, 2.05) is 0 Å². The van der Waals surface area contributed by atoms with Gasteiger partial charge in [0.1, 0.15) is 0 Å². The van der Waals surface area contributed by atoms with E-state index >= 15 is 0 Å². The van der Waals surface area contributed by atoms with Crippen molar-refractivity contribution in [3.05, 3.63) is 41.0 Å². The summed E-state index contributed by atoms with van der Waals surface area (Å²) in [6.07, 6.45) is 2.42. The molecule has 0 radical (unpaired) electrons. The van der Waals surface area contributed by atoms with Crippen LogP contribution in [0.2, 0.25) is 0 Å². The number of rotatable bonds is 7. The summed E-state index contributed by atoms with van der Waals surface area (Å²) in [6.45, 7) is 1.93. The molecule has 21 heavy (non-hydrogen) atoms. The molecule has 0 saturated heterocycles. The normalized spacial score (nSPS) is 10.5. The van der Waals surface area contributed by atoms with Crippen molar-refractivity contribution in [2.24, 2.45) is 0 Å². The first-order valence-corrected chi connectivity index (χ1v) is 6.37. The molecule has 0 unspecified atom stereocenters. The first-order valence-electron chi connectivity index (χ1n) is 6.37. The van der Waals surface area contributed by atoms with Gasteiger partial charge in [0.05, 0.1) is 12.2 Å². The van der Waals surface area contributed by atoms with E-state index in [4.69, 9.17) is 14.9 Å². The van der Waals surface area contributed by atoms with Crippen LogP contribution in [0.15, 0.2) is 24.3 Å². The Labute approximate surface area is 121 Å². The zero-order valence-corrected chi connectivity index (χ0v) is 11.5. The molecular weight excluding hydrogens is 276 g/mol. The fourth-order valence-corrected chi connectivity index (χ4v) is 1.73. The third-order valence-electron chi connectivity index (χ3n) is 2.67. The Morgan fingerprint density at radius 1 is 1.24 bits per heavy atom. The van der Waals surface area contributed by atoms with Crippen molar-refractivity contribution in [2.45, 2.75) is 19.8 Å². The number of hydrogen-bond donors (Lipinski definition) is 2. The molecule has 1 aromatic rings. The zero-order valence-electron chi connectivity index (χ0n) is 11.5. The Balaban J connectivity index is 3.09. The summed E-state index contributed by atoms with van der Waals surface area (Å²) < 4.78 is 4.88. The molecule has 0 aliphatic rings. The molecule has 6 nitrogen and oxygen atoms in total. The lowest BCUT2D eigenvalue weighted by atomic mass is 9.99. The van der Waals surface area contributed by atoms with E-state index in [2.05, 4.69) is 0 Å². The molecule has 0 saturated carbocycles. The van der Waals surface area contributed by atoms with Crippen LogP contribution in [-0.4, -0.2) is 34.7 Å². The van der Waals surface area contributed by atoms with E-state index < -0.39 is 17.9 Å². The van der Waals surface area contributed by atoms with Crippen LogP contribution in [0.1, 0.15) is 34.8 Å². The molecule has 6 heteroatoms. The number of benzene rings is 1. The van der Waals surface area contributed by atoms with E-state index in [1.165, 1.54) is 18.2 Å². The Kier molecular flexibility index (Phi) is 6.13. The summed E-state index contributed by atoms with van der Waals surface area (Å²) in [5.74, 6) is -2.57. The lowest BCUT2D eigenvalue weighted by Gasteiger charge is -2.08. The van der Waals surface area contributed by atoms with Gasteiger partial charge < -0.3 is 14.9 Å². The van der Waals surface area contributed by atoms with Crippen LogP contribution in [0.25, 0.3) is 6.08 Å². The number of esters is 1. The molecule has 0 amide bonds. The predicted molar refractivity (Wildman–Crippen MR) is 75.0 cm³/mol. The van der Waals surface area contributed by atoms with Gasteiger partial charge in [0.15, 0.2) is 0 Å². The number of carboxylic acid groups (broad SMARTS) is 2. The molecule has 0 fully saturated rings. The fraction of sp³-hybridized carbons (Fsp3) is 0.267. The van der Waals surface area contributed by atoms with Gasteiger partial charge in [-0.15, -0.1) is 0 Å². The number of aryl methyl sites for hydroxylation is 1. The summed E-state index contributed by atoms with van der Waals surface area (Å²) >= 11 is 0. The largest absolute Gasteiger partial charge is 0.481 e. The fourth-order valence-electron chi connectivity index (χ4n) is 1.73. The number of hydrogen-bond acceptors (Lipinski definition) is 4. The highest BCUT2D eigenvalue weighted by Crippen LogP contribution is 2.17. The average Bonchev–Trinajstić information content (AvgIpc) is 2.43. The molecule has 0 aliphatic heterocycles. The predicted octanol–water partition coefficient (Wildman–Crippen LogP) is 1.98. The molecule has 0 bridgehead atoms. The highest BCUT2D eigenvalue weighted by atomic mass is 16.5. The molecule has 0 atom stereocenters. The van der Waals surface area contributed by atoms with Gasteiger partial charge in [0, 0.05) is 12.5 Å². The quantitative estimate of drug-likeness (QED) is 0.588. The van der Waals surface area contributed by atoms with Gasteiger partial charge in [-0.05, 0) is 42.7 Å². The van der Waals surface area contributed by atoms with Gasteiger partial charge in [-0.25, -0.2) is 9.59 Å². The van der Waals surface area contributed by atoms with Gasteiger partial charge in [0.2, 0.25) is 0 Å². The molecule has 1 rings (SSSR count). The van der Waals surface area contributed by atoms with Gasteiger partial charge in [0.25, 0.3) is 0 Å². The summed E-state index contributed by atoms with van der Waals surface area (Å²) in [5, 5.41) is 17.4. The average molecular weight is 292 g/mol. The third-order valence-corrected chi connectivity index (χ3v) is 2.67. The first kappa shape index (κ1) is 16.4. The summed E-state index contributed by atoms with van der Waals surface area (Å²) in [7, 11) is 0. The van der Waals surface area contributed by atoms with Gasteiger partial charge in [-0.1, -0.05) is 6.07 Å². The number of carbonyl (C=O) groups excluding carboxylic acids is 1. The van der Waals surface area contributed by atoms with Crippen LogP contribution in [0.3, 0.4) is 0 Å². The van der Waals surface area contributed by atoms with Crippen molar-refractivity contribution < 1.29 is 29.3 Å². The van der Waals surface area contributed by atoms with Crippen LogP contribution < -0.4 is 0 Å². The SMILES string of the molecule is CCOC(=O)c1ccc(/C=C/C(=O)O)c(CCC(=O)O)c1. The highest BCUT2D eigenvalue weighted by Gasteiger charge is 2.11. The molecule has 1 aromatic carbocycles. The first-order chi connectivity index (χ1) is 9.93. The molecule has 2 N–H and O–H groups in total. The number of aliphatic carboxylic acids is 2. The zero-order chi connectivity index (χ0) is 15.8. The topological polar surface area (TPSA) is 101 Å². The molecule has 0 aromatic heterocycles. The Bertz CT molecular complexity index is 574. The van der Waals surface area contributed by atoms with Crippen molar-refractivity contribution in [3.63, 3.8) is 0 Å². The van der Waals surface area contributed by atoms with Crippen LogP contribution in [0.5, 0.6) is 0 Å². The monoisotopic (exact) mass is 292 g/mol. The van der Waals surface area contributed by atoms with Crippen LogP contribution in [0.4, 0.5) is 0 Å². The van der Waals surface area contributed by atoms with Crippen molar-refractivity contribution in [2.75, 3.05) is 6.61 Å². The number of ether oxygens (including phenoxy) is 1. The summed E-state index contributed by atoms with van der Waals surface area (Å²) in [4.78, 5) is 32.9. The molecule has 0 heterocycles. The smallest absolute Gasteiger partial charge is 0.338 e. The van der Waals surface area contributed by atoms with E-state index in [9.17, 15) is 14.4 Å². The summed E-state index contributed by atoms with van der Waals surface area (Å²) in [5.41, 5.74) is 1.46. The highest BCUT2D eigenvalue weighted by molar-refractivity contribution is 5.90. The van der Waals surface area contributed by atoms with Crippen molar-refractivity contribution in [1.82, 2.24) is 0 Å². The Morgan fingerprint density at radius 3 is 2.52 bits per heavy atom. The maximum Gasteiger partial charge on any atom is 0.338 e. The minimum absolute atomic E-state index is 0.111. The second-order valence-corrected chi connectivity index (χ2v) is 4.20. The third kappa shape index (κ3) is 5.48. The van der Waals surface area contributed by atoms with Crippen LogP contribution in [0, 0.1) is 0 Å². The van der Waals surface area contributed by atoms with Crippen molar-refractivity contribution in [1.29, 1.82) is 0 Å². The van der Waals surface area contributed by atoms with Crippen LogP contribution in [-0.2, 0) is 20.7 Å². The van der Waals surface area contributed by atoms with Gasteiger partial charge in [-0.2, -0.15) is 0 Å². The maximum absolute atomic E-state index is 11.7. The molecular formula is C15H16O6. The maximum atomic E-state index is 11.7. The Morgan fingerprint density at radius 2 is 1.95 bits per heavy atom. The minimum atomic E-state index is -1.10. The van der Waals surface area contributed by atoms with E-state index in [1.54, 1.807) is 13.0 Å². The second-order valence-electron chi connectivity index (χ2n) is 4.20. The second kappa shape index (κ2) is 7.84. The van der Waals surface area contributed by atoms with Gasteiger partial charge in [-0.3, -0.25) is 4.79 Å². The number of carboxylic acids is 2. The number of carbonyl (C=O) groups is 3. The molecule has 112 valence electrons. The van der Waals surface area contributed by atoms with E-state index in [0.29, 0.717) is 16.7 Å². The lowest BCUT2D eigenvalue weighted by molar-refractivity contribution is -0.137. The van der Waals surface area contributed by atoms with Crippen molar-refractivity contribution in [3.8, 4) is 0 Å². The standard InChI is InChI=1S/C15H16O6/c1-2-21-15(20)12-4-3-10(5-7-13(16)17)11(9-12)6-8-14(18)19/h3-5,7,9H,2,6,8H2,1H3,(H,16,17)(H,18,19)/b7-5+. The van der Waals surface area contributed by atoms with E-state index in [0.717, 1.165) is 6.08 Å². The lowest BCUT2D eigenvalue weighted by Crippen LogP contribution is -2.06. The van der Waals surface area contributed by atoms with E-state index in [-0.39, 0.29) is 19.4 Å². The summed E-state index contributed by atoms with van der Waals surface area (Å²) in [6, 6.07) is 4.62. The minimum Gasteiger partial charge on any atom is -0.481 e. The van der Waals surface area contributed by atoms with Gasteiger partial charge >= 0.3 is 17.9 Å². The van der Waals surface area contributed by atoms with Crippen molar-refractivity contribution >= 4 is 24.0 Å². The van der Waals surface area contributed by atoms with Crippen LogP contribution >= 0.6 is 0 Å². The molecule has 0 aliphatic carbocycles.